The van der Waals surface area contributed by atoms with Crippen molar-refractivity contribution >= 4 is 28.6 Å². The van der Waals surface area contributed by atoms with E-state index in [1.54, 1.807) is 6.20 Å². The molecule has 5 heteroatoms. The Kier molecular flexibility index (Phi) is 2.86. The van der Waals surface area contributed by atoms with Gasteiger partial charge in [-0.3, -0.25) is 4.98 Å². The predicted octanol–water partition coefficient (Wildman–Crippen LogP) is 3.22. The Balaban J connectivity index is 1.74. The lowest BCUT2D eigenvalue weighted by atomic mass is 10.3. The monoisotopic (exact) mass is 258 g/mol. The van der Waals surface area contributed by atoms with Gasteiger partial charge in [-0.1, -0.05) is 23.7 Å². The van der Waals surface area contributed by atoms with Crippen LogP contribution in [0.3, 0.4) is 0 Å². The molecule has 0 saturated carbocycles. The number of hydrogen-bond acceptors (Lipinski definition) is 3. The second-order valence-electron chi connectivity index (χ2n) is 3.92. The number of anilines is 1. The van der Waals surface area contributed by atoms with E-state index < -0.39 is 0 Å². The molecule has 0 aliphatic carbocycles. The topological polar surface area (TPSA) is 53.6 Å². The van der Waals surface area contributed by atoms with Gasteiger partial charge < -0.3 is 10.3 Å². The van der Waals surface area contributed by atoms with Gasteiger partial charge >= 0.3 is 0 Å². The number of rotatable bonds is 3. The highest BCUT2D eigenvalue weighted by Gasteiger charge is 2.01. The Hall–Kier alpha value is -2.07. The first-order valence-electron chi connectivity index (χ1n) is 5.60. The predicted molar refractivity (Wildman–Crippen MR) is 72.7 cm³/mol. The SMILES string of the molecule is Clc1ccc(CNc2nc3ccccc3[nH]2)nc1. The molecule has 0 unspecified atom stereocenters. The third-order valence-corrected chi connectivity index (χ3v) is 2.84. The first kappa shape index (κ1) is 11.0. The van der Waals surface area contributed by atoms with E-state index in [1.807, 2.05) is 36.4 Å². The summed E-state index contributed by atoms with van der Waals surface area (Å²) in [5, 5.41) is 3.84. The first-order chi connectivity index (χ1) is 8.81. The van der Waals surface area contributed by atoms with Crippen molar-refractivity contribution in [2.75, 3.05) is 5.32 Å². The maximum atomic E-state index is 5.78. The summed E-state index contributed by atoms with van der Waals surface area (Å²) in [5.41, 5.74) is 2.88. The molecule has 0 aliphatic rings. The highest BCUT2D eigenvalue weighted by molar-refractivity contribution is 6.30. The normalized spacial score (nSPS) is 10.7. The van der Waals surface area contributed by atoms with Crippen LogP contribution < -0.4 is 5.32 Å². The summed E-state index contributed by atoms with van der Waals surface area (Å²) in [5.74, 6) is 0.743. The van der Waals surface area contributed by atoms with E-state index >= 15 is 0 Å². The number of nitrogens with zero attached hydrogens (tertiary/aromatic N) is 2. The van der Waals surface area contributed by atoms with Crippen molar-refractivity contribution in [1.82, 2.24) is 15.0 Å². The molecule has 2 heterocycles. The summed E-state index contributed by atoms with van der Waals surface area (Å²) in [6.45, 7) is 0.608. The molecule has 0 aliphatic heterocycles. The highest BCUT2D eigenvalue weighted by atomic mass is 35.5. The van der Waals surface area contributed by atoms with Crippen molar-refractivity contribution in [3.63, 3.8) is 0 Å². The van der Waals surface area contributed by atoms with Crippen LogP contribution in [0.2, 0.25) is 5.02 Å². The van der Waals surface area contributed by atoms with Gasteiger partial charge in [0.2, 0.25) is 5.95 Å². The number of imidazole rings is 1. The van der Waals surface area contributed by atoms with Crippen LogP contribution in [0.1, 0.15) is 5.69 Å². The van der Waals surface area contributed by atoms with Gasteiger partial charge in [-0.2, -0.15) is 0 Å². The van der Waals surface area contributed by atoms with Crippen LogP contribution in [-0.4, -0.2) is 15.0 Å². The van der Waals surface area contributed by atoms with E-state index in [1.165, 1.54) is 0 Å². The van der Waals surface area contributed by atoms with E-state index in [4.69, 9.17) is 11.6 Å². The lowest BCUT2D eigenvalue weighted by molar-refractivity contribution is 1.02. The summed E-state index contributed by atoms with van der Waals surface area (Å²) in [6, 6.07) is 11.6. The second-order valence-corrected chi connectivity index (χ2v) is 4.36. The lowest BCUT2D eigenvalue weighted by Gasteiger charge is -2.01. The van der Waals surface area contributed by atoms with Crippen LogP contribution in [0.25, 0.3) is 11.0 Å². The van der Waals surface area contributed by atoms with Gasteiger partial charge in [0.1, 0.15) is 0 Å². The number of H-pyrrole nitrogens is 1. The van der Waals surface area contributed by atoms with Crippen molar-refractivity contribution in [3.05, 3.63) is 53.3 Å². The van der Waals surface area contributed by atoms with Crippen molar-refractivity contribution in [1.29, 1.82) is 0 Å². The smallest absolute Gasteiger partial charge is 0.201 e. The molecule has 0 saturated heterocycles. The van der Waals surface area contributed by atoms with Gasteiger partial charge in [-0.05, 0) is 24.3 Å². The van der Waals surface area contributed by atoms with Crippen LogP contribution in [0.5, 0.6) is 0 Å². The molecule has 0 bridgehead atoms. The number of benzene rings is 1. The second kappa shape index (κ2) is 4.66. The fraction of sp³-hybridized carbons (Fsp3) is 0.0769. The fourth-order valence-electron chi connectivity index (χ4n) is 1.72. The molecule has 0 radical (unpaired) electrons. The van der Waals surface area contributed by atoms with Crippen LogP contribution in [-0.2, 0) is 6.54 Å². The molecule has 0 fully saturated rings. The average molecular weight is 259 g/mol. The molecule has 2 aromatic heterocycles. The Labute approximate surface area is 109 Å². The van der Waals surface area contributed by atoms with Crippen LogP contribution in [0.4, 0.5) is 5.95 Å². The molecule has 2 N–H and O–H groups in total. The van der Waals surface area contributed by atoms with Gasteiger partial charge in [-0.15, -0.1) is 0 Å². The zero-order chi connectivity index (χ0) is 12.4. The number of hydrogen-bond donors (Lipinski definition) is 2. The minimum Gasteiger partial charge on any atom is -0.350 e. The average Bonchev–Trinajstić information content (AvgIpc) is 2.81. The Bertz CT molecular complexity index is 627. The summed E-state index contributed by atoms with van der Waals surface area (Å²) >= 11 is 5.78. The van der Waals surface area contributed by atoms with E-state index in [-0.39, 0.29) is 0 Å². The standard InChI is InChI=1S/C13H11ClN4/c14-9-5-6-10(15-7-9)8-16-13-17-11-3-1-2-4-12(11)18-13/h1-7H,8H2,(H2,16,17,18). The number of aromatic amines is 1. The molecule has 0 atom stereocenters. The van der Waals surface area contributed by atoms with Gasteiger partial charge in [-0.25, -0.2) is 4.98 Å². The van der Waals surface area contributed by atoms with E-state index in [0.717, 1.165) is 22.7 Å². The number of nitrogens with one attached hydrogen (secondary N) is 2. The number of halogens is 1. The highest BCUT2D eigenvalue weighted by Crippen LogP contribution is 2.14. The molecular weight excluding hydrogens is 248 g/mol. The summed E-state index contributed by atoms with van der Waals surface area (Å²) in [7, 11) is 0. The molecule has 0 spiro atoms. The van der Waals surface area contributed by atoms with Gasteiger partial charge in [0, 0.05) is 6.20 Å². The third-order valence-electron chi connectivity index (χ3n) is 2.61. The molecule has 3 aromatic rings. The van der Waals surface area contributed by atoms with E-state index in [0.29, 0.717) is 11.6 Å². The molecule has 18 heavy (non-hydrogen) atoms. The fourth-order valence-corrected chi connectivity index (χ4v) is 1.83. The number of fused-ring (bicyclic) bond motifs is 1. The summed E-state index contributed by atoms with van der Waals surface area (Å²) in [6.07, 6.45) is 1.64. The Morgan fingerprint density at radius 2 is 2.06 bits per heavy atom. The zero-order valence-electron chi connectivity index (χ0n) is 9.52. The van der Waals surface area contributed by atoms with Crippen LogP contribution in [0.15, 0.2) is 42.6 Å². The summed E-state index contributed by atoms with van der Waals surface area (Å²) < 4.78 is 0. The first-order valence-corrected chi connectivity index (χ1v) is 5.98. The minimum atomic E-state index is 0.608. The number of para-hydroxylation sites is 2. The Morgan fingerprint density at radius 1 is 1.17 bits per heavy atom. The lowest BCUT2D eigenvalue weighted by Crippen LogP contribution is -2.02. The molecule has 4 nitrogen and oxygen atoms in total. The zero-order valence-corrected chi connectivity index (χ0v) is 10.3. The van der Waals surface area contributed by atoms with Gasteiger partial charge in [0.05, 0.1) is 28.3 Å². The van der Waals surface area contributed by atoms with Crippen molar-refractivity contribution < 1.29 is 0 Å². The molecule has 90 valence electrons. The molecule has 0 amide bonds. The third kappa shape index (κ3) is 2.28. The number of pyridine rings is 1. The van der Waals surface area contributed by atoms with Crippen LogP contribution >= 0.6 is 11.6 Å². The Morgan fingerprint density at radius 3 is 2.83 bits per heavy atom. The van der Waals surface area contributed by atoms with Crippen molar-refractivity contribution in [2.24, 2.45) is 0 Å². The van der Waals surface area contributed by atoms with Crippen molar-refractivity contribution in [3.8, 4) is 0 Å². The van der Waals surface area contributed by atoms with Gasteiger partial charge in [0.25, 0.3) is 0 Å². The maximum absolute atomic E-state index is 5.78. The van der Waals surface area contributed by atoms with E-state index in [2.05, 4.69) is 20.3 Å². The molecule has 1 aromatic carbocycles. The van der Waals surface area contributed by atoms with E-state index in [9.17, 15) is 0 Å². The maximum Gasteiger partial charge on any atom is 0.201 e. The summed E-state index contributed by atoms with van der Waals surface area (Å²) in [4.78, 5) is 11.8. The molecule has 3 rings (SSSR count). The quantitative estimate of drug-likeness (QED) is 0.758. The van der Waals surface area contributed by atoms with Gasteiger partial charge in [0.15, 0.2) is 0 Å². The molecular formula is C13H11ClN4. The largest absolute Gasteiger partial charge is 0.350 e. The van der Waals surface area contributed by atoms with Crippen LogP contribution in [0, 0.1) is 0 Å². The minimum absolute atomic E-state index is 0.608. The number of aromatic nitrogens is 3. The van der Waals surface area contributed by atoms with Crippen molar-refractivity contribution in [2.45, 2.75) is 6.54 Å².